The van der Waals surface area contributed by atoms with Crippen LogP contribution >= 0.6 is 11.8 Å². The molecule has 2 aromatic carbocycles. The molecule has 1 heterocycles. The van der Waals surface area contributed by atoms with Gasteiger partial charge in [-0.1, -0.05) is 42.5 Å². The Bertz CT molecular complexity index is 818. The molecule has 4 nitrogen and oxygen atoms in total. The lowest BCUT2D eigenvalue weighted by atomic mass is 10.1. The molecular weight excluding hydrogens is 382 g/mol. The minimum Gasteiger partial charge on any atom is -0.491 e. The van der Waals surface area contributed by atoms with Crippen molar-refractivity contribution in [1.29, 1.82) is 0 Å². The molecule has 0 saturated heterocycles. The van der Waals surface area contributed by atoms with Crippen LogP contribution in [0.3, 0.4) is 0 Å². The van der Waals surface area contributed by atoms with Gasteiger partial charge in [0.05, 0.1) is 18.1 Å². The lowest BCUT2D eigenvalue weighted by molar-refractivity contribution is -0.143. The summed E-state index contributed by atoms with van der Waals surface area (Å²) in [4.78, 5) is 14.9. The summed E-state index contributed by atoms with van der Waals surface area (Å²) >= 11 is 1.85. The Balaban J connectivity index is 1.63. The van der Waals surface area contributed by atoms with E-state index < -0.39 is 0 Å². The highest BCUT2D eigenvalue weighted by atomic mass is 32.2. The van der Waals surface area contributed by atoms with E-state index in [4.69, 9.17) is 9.47 Å². The monoisotopic (exact) mass is 411 g/mol. The standard InChI is InChI=1S/C24H29NO3S/c1-3-27-22(26)11-7-8-16-25(2)21-14-12-20(13-15-21)24-23(28-17-18-29-24)19-9-5-4-6-10-19/h4-6,9-10,12-15H,3,7-8,11,16-18H2,1-2H3. The van der Waals surface area contributed by atoms with Gasteiger partial charge in [-0.3, -0.25) is 4.79 Å². The molecule has 29 heavy (non-hydrogen) atoms. The zero-order valence-corrected chi connectivity index (χ0v) is 18.0. The largest absolute Gasteiger partial charge is 0.491 e. The molecule has 0 amide bonds. The van der Waals surface area contributed by atoms with E-state index in [0.29, 0.717) is 13.0 Å². The molecule has 1 aliphatic rings. The van der Waals surface area contributed by atoms with Gasteiger partial charge in [-0.2, -0.15) is 0 Å². The first-order valence-corrected chi connectivity index (χ1v) is 11.2. The molecule has 0 atom stereocenters. The SMILES string of the molecule is CCOC(=O)CCCCN(C)c1ccc(C2=C(c3ccccc3)OCCS2)cc1. The Kier molecular flexibility index (Phi) is 8.05. The number of anilines is 1. The summed E-state index contributed by atoms with van der Waals surface area (Å²) < 4.78 is 11.0. The molecule has 0 N–H and O–H groups in total. The van der Waals surface area contributed by atoms with Gasteiger partial charge in [0.1, 0.15) is 5.76 Å². The maximum Gasteiger partial charge on any atom is 0.305 e. The molecule has 2 aromatic rings. The lowest BCUT2D eigenvalue weighted by Crippen LogP contribution is -2.18. The first-order chi connectivity index (χ1) is 14.2. The average molecular weight is 412 g/mol. The second-order valence-corrected chi connectivity index (χ2v) is 8.06. The zero-order chi connectivity index (χ0) is 20.5. The molecule has 0 spiro atoms. The van der Waals surface area contributed by atoms with Crippen molar-refractivity contribution in [3.05, 3.63) is 65.7 Å². The Morgan fingerprint density at radius 2 is 1.83 bits per heavy atom. The minimum atomic E-state index is -0.103. The molecule has 0 aromatic heterocycles. The van der Waals surface area contributed by atoms with Crippen LogP contribution in [-0.2, 0) is 14.3 Å². The summed E-state index contributed by atoms with van der Waals surface area (Å²) in [5, 5.41) is 0. The maximum absolute atomic E-state index is 11.4. The number of rotatable bonds is 9. The molecule has 0 aliphatic carbocycles. The van der Waals surface area contributed by atoms with Gasteiger partial charge in [0.25, 0.3) is 0 Å². The van der Waals surface area contributed by atoms with Crippen LogP contribution in [-0.4, -0.2) is 38.5 Å². The van der Waals surface area contributed by atoms with Gasteiger partial charge in [-0.05, 0) is 37.5 Å². The molecule has 1 aliphatic heterocycles. The third kappa shape index (κ3) is 6.04. The molecule has 154 valence electrons. The number of unbranched alkanes of at least 4 members (excludes halogenated alkanes) is 1. The van der Waals surface area contributed by atoms with Crippen LogP contribution in [0.1, 0.15) is 37.3 Å². The number of carbonyl (C=O) groups excluding carboxylic acids is 1. The number of hydrogen-bond donors (Lipinski definition) is 0. The summed E-state index contributed by atoms with van der Waals surface area (Å²) in [6.07, 6.45) is 2.31. The lowest BCUT2D eigenvalue weighted by Gasteiger charge is -2.23. The zero-order valence-electron chi connectivity index (χ0n) is 17.2. The van der Waals surface area contributed by atoms with Crippen LogP contribution < -0.4 is 4.90 Å². The van der Waals surface area contributed by atoms with Gasteiger partial charge >= 0.3 is 5.97 Å². The predicted molar refractivity (Wildman–Crippen MR) is 122 cm³/mol. The minimum absolute atomic E-state index is 0.103. The summed E-state index contributed by atoms with van der Waals surface area (Å²) in [7, 11) is 2.09. The molecule has 0 saturated carbocycles. The molecule has 0 bridgehead atoms. The van der Waals surface area contributed by atoms with E-state index in [-0.39, 0.29) is 5.97 Å². The van der Waals surface area contributed by atoms with Crippen LogP contribution in [0.5, 0.6) is 0 Å². The van der Waals surface area contributed by atoms with Gasteiger partial charge in [-0.15, -0.1) is 11.8 Å². The van der Waals surface area contributed by atoms with Crippen molar-refractivity contribution in [1.82, 2.24) is 0 Å². The van der Waals surface area contributed by atoms with Crippen molar-refractivity contribution in [2.24, 2.45) is 0 Å². The fourth-order valence-corrected chi connectivity index (χ4v) is 4.27. The molecular formula is C24H29NO3S. The molecule has 0 unspecified atom stereocenters. The summed E-state index contributed by atoms with van der Waals surface area (Å²) in [6, 6.07) is 19.0. The van der Waals surface area contributed by atoms with Crippen molar-refractivity contribution in [2.75, 3.05) is 37.5 Å². The van der Waals surface area contributed by atoms with E-state index >= 15 is 0 Å². The molecule has 0 radical (unpaired) electrons. The van der Waals surface area contributed by atoms with E-state index in [1.165, 1.54) is 16.2 Å². The van der Waals surface area contributed by atoms with E-state index in [1.54, 1.807) is 0 Å². The van der Waals surface area contributed by atoms with E-state index in [1.807, 2.05) is 36.9 Å². The predicted octanol–water partition coefficient (Wildman–Crippen LogP) is 5.45. The maximum atomic E-state index is 11.4. The van der Waals surface area contributed by atoms with Gasteiger partial charge in [0.2, 0.25) is 0 Å². The van der Waals surface area contributed by atoms with E-state index in [0.717, 1.165) is 43.1 Å². The number of carbonyl (C=O) groups is 1. The second kappa shape index (κ2) is 11.0. The summed E-state index contributed by atoms with van der Waals surface area (Å²) in [5.41, 5.74) is 3.49. The highest BCUT2D eigenvalue weighted by molar-refractivity contribution is 8.08. The van der Waals surface area contributed by atoms with E-state index in [2.05, 4.69) is 48.3 Å². The van der Waals surface area contributed by atoms with Crippen molar-refractivity contribution in [2.45, 2.75) is 26.2 Å². The van der Waals surface area contributed by atoms with Crippen molar-refractivity contribution in [3.63, 3.8) is 0 Å². The van der Waals surface area contributed by atoms with Crippen LogP contribution in [0.25, 0.3) is 10.7 Å². The fraction of sp³-hybridized carbons (Fsp3) is 0.375. The third-order valence-electron chi connectivity index (χ3n) is 4.82. The smallest absolute Gasteiger partial charge is 0.305 e. The Labute approximate surface area is 177 Å². The van der Waals surface area contributed by atoms with Crippen LogP contribution in [0.2, 0.25) is 0 Å². The van der Waals surface area contributed by atoms with Crippen molar-refractivity contribution < 1.29 is 14.3 Å². The van der Waals surface area contributed by atoms with Crippen molar-refractivity contribution in [3.8, 4) is 0 Å². The average Bonchev–Trinajstić information content (AvgIpc) is 2.77. The molecule has 0 fully saturated rings. The van der Waals surface area contributed by atoms with Crippen LogP contribution in [0, 0.1) is 0 Å². The van der Waals surface area contributed by atoms with Crippen LogP contribution in [0.4, 0.5) is 5.69 Å². The molecule has 5 heteroatoms. The highest BCUT2D eigenvalue weighted by Gasteiger charge is 2.18. The Morgan fingerprint density at radius 1 is 1.07 bits per heavy atom. The topological polar surface area (TPSA) is 38.8 Å². The quantitative estimate of drug-likeness (QED) is 0.405. The first-order valence-electron chi connectivity index (χ1n) is 10.2. The van der Waals surface area contributed by atoms with Gasteiger partial charge < -0.3 is 14.4 Å². The van der Waals surface area contributed by atoms with Gasteiger partial charge in [0.15, 0.2) is 0 Å². The number of ether oxygens (including phenoxy) is 2. The normalized spacial score (nSPS) is 13.7. The van der Waals surface area contributed by atoms with Crippen molar-refractivity contribution >= 4 is 34.1 Å². The van der Waals surface area contributed by atoms with Gasteiger partial charge in [-0.25, -0.2) is 0 Å². The first kappa shape index (κ1) is 21.3. The Hall–Kier alpha value is -2.40. The number of hydrogen-bond acceptors (Lipinski definition) is 5. The number of thioether (sulfide) groups is 1. The third-order valence-corrected chi connectivity index (χ3v) is 5.90. The second-order valence-electron chi connectivity index (χ2n) is 6.95. The Morgan fingerprint density at radius 3 is 2.55 bits per heavy atom. The van der Waals surface area contributed by atoms with Crippen LogP contribution in [0.15, 0.2) is 54.6 Å². The summed E-state index contributed by atoms with van der Waals surface area (Å²) in [6.45, 7) is 3.95. The fourth-order valence-electron chi connectivity index (χ4n) is 3.28. The number of nitrogens with zero attached hydrogens (tertiary/aromatic N) is 1. The molecule has 3 rings (SSSR count). The summed E-state index contributed by atoms with van der Waals surface area (Å²) in [5.74, 6) is 1.84. The van der Waals surface area contributed by atoms with E-state index in [9.17, 15) is 4.79 Å². The van der Waals surface area contributed by atoms with Gasteiger partial charge in [0, 0.05) is 37.0 Å². The highest BCUT2D eigenvalue weighted by Crippen LogP contribution is 2.39. The number of esters is 1. The number of benzene rings is 2.